The van der Waals surface area contributed by atoms with E-state index in [0.717, 1.165) is 17.2 Å². The molecular weight excluding hydrogens is 252 g/mol. The van der Waals surface area contributed by atoms with Gasteiger partial charge in [-0.1, -0.05) is 38.1 Å². The monoisotopic (exact) mass is 274 g/mol. The van der Waals surface area contributed by atoms with Gasteiger partial charge in [-0.2, -0.15) is 0 Å². The van der Waals surface area contributed by atoms with Gasteiger partial charge in [0, 0.05) is 12.6 Å². The molecule has 2 rings (SSSR count). The highest BCUT2D eigenvalue weighted by Crippen LogP contribution is 2.24. The van der Waals surface area contributed by atoms with Crippen molar-refractivity contribution in [1.82, 2.24) is 10.5 Å². The summed E-state index contributed by atoms with van der Waals surface area (Å²) in [6.07, 6.45) is 0. The minimum absolute atomic E-state index is 0.158. The molecule has 2 aromatic rings. The third-order valence-corrected chi connectivity index (χ3v) is 3.07. The van der Waals surface area contributed by atoms with Gasteiger partial charge in [0.2, 0.25) is 0 Å². The standard InChI is InChI=1S/C16H22N2O2/c1-16(2,3)12-5-7-14(8-6-12)19-11-15-9-13(10-17-4)18-20-15/h5-9,17H,10-11H2,1-4H3. The molecule has 0 amide bonds. The van der Waals surface area contributed by atoms with Crippen molar-refractivity contribution in [1.29, 1.82) is 0 Å². The van der Waals surface area contributed by atoms with Gasteiger partial charge in [0.15, 0.2) is 5.76 Å². The van der Waals surface area contributed by atoms with E-state index in [4.69, 9.17) is 9.26 Å². The maximum atomic E-state index is 5.70. The summed E-state index contributed by atoms with van der Waals surface area (Å²) in [5.74, 6) is 1.57. The van der Waals surface area contributed by atoms with Crippen LogP contribution in [0.3, 0.4) is 0 Å². The van der Waals surface area contributed by atoms with E-state index in [1.165, 1.54) is 5.56 Å². The number of nitrogens with one attached hydrogen (secondary N) is 1. The third kappa shape index (κ3) is 3.84. The van der Waals surface area contributed by atoms with Crippen molar-refractivity contribution in [2.24, 2.45) is 0 Å². The Morgan fingerprint density at radius 3 is 2.50 bits per heavy atom. The molecule has 1 heterocycles. The van der Waals surface area contributed by atoms with Crippen molar-refractivity contribution in [2.75, 3.05) is 7.05 Å². The molecule has 0 saturated heterocycles. The molecule has 20 heavy (non-hydrogen) atoms. The Hall–Kier alpha value is -1.81. The number of hydrogen-bond acceptors (Lipinski definition) is 4. The van der Waals surface area contributed by atoms with Gasteiger partial charge >= 0.3 is 0 Å². The normalized spacial score (nSPS) is 11.6. The van der Waals surface area contributed by atoms with Gasteiger partial charge in [-0.05, 0) is 30.2 Å². The maximum Gasteiger partial charge on any atom is 0.174 e. The SMILES string of the molecule is CNCc1cc(COc2ccc(C(C)(C)C)cc2)on1. The molecule has 4 nitrogen and oxygen atoms in total. The van der Waals surface area contributed by atoms with Crippen LogP contribution in [0.2, 0.25) is 0 Å². The van der Waals surface area contributed by atoms with Gasteiger partial charge in [0.1, 0.15) is 12.4 Å². The molecule has 0 atom stereocenters. The molecule has 0 saturated carbocycles. The molecule has 0 bridgehead atoms. The van der Waals surface area contributed by atoms with Crippen LogP contribution in [0, 0.1) is 0 Å². The van der Waals surface area contributed by atoms with Crippen molar-refractivity contribution in [3.05, 3.63) is 47.3 Å². The zero-order valence-corrected chi connectivity index (χ0v) is 12.6. The average Bonchev–Trinajstić information content (AvgIpc) is 2.84. The van der Waals surface area contributed by atoms with E-state index >= 15 is 0 Å². The summed E-state index contributed by atoms with van der Waals surface area (Å²) in [4.78, 5) is 0. The second-order valence-corrected chi connectivity index (χ2v) is 5.88. The van der Waals surface area contributed by atoms with E-state index in [1.807, 2.05) is 25.2 Å². The summed E-state index contributed by atoms with van der Waals surface area (Å²) in [5, 5.41) is 6.98. The molecule has 4 heteroatoms. The fourth-order valence-corrected chi connectivity index (χ4v) is 1.89. The van der Waals surface area contributed by atoms with E-state index < -0.39 is 0 Å². The molecule has 0 aliphatic carbocycles. The van der Waals surface area contributed by atoms with E-state index in [-0.39, 0.29) is 5.41 Å². The lowest BCUT2D eigenvalue weighted by atomic mass is 9.87. The highest BCUT2D eigenvalue weighted by atomic mass is 16.5. The minimum atomic E-state index is 0.158. The Kier molecular flexibility index (Phi) is 4.45. The maximum absolute atomic E-state index is 5.70. The largest absolute Gasteiger partial charge is 0.486 e. The van der Waals surface area contributed by atoms with Gasteiger partial charge in [0.25, 0.3) is 0 Å². The molecule has 0 radical (unpaired) electrons. The fourth-order valence-electron chi connectivity index (χ4n) is 1.89. The first-order valence-electron chi connectivity index (χ1n) is 6.81. The second kappa shape index (κ2) is 6.09. The van der Waals surface area contributed by atoms with Crippen molar-refractivity contribution < 1.29 is 9.26 Å². The van der Waals surface area contributed by atoms with Crippen LogP contribution < -0.4 is 10.1 Å². The van der Waals surface area contributed by atoms with Crippen LogP contribution in [0.1, 0.15) is 37.8 Å². The molecule has 1 N–H and O–H groups in total. The third-order valence-electron chi connectivity index (χ3n) is 3.07. The number of hydrogen-bond donors (Lipinski definition) is 1. The summed E-state index contributed by atoms with van der Waals surface area (Å²) in [6.45, 7) is 7.68. The number of aromatic nitrogens is 1. The second-order valence-electron chi connectivity index (χ2n) is 5.88. The minimum Gasteiger partial charge on any atom is -0.486 e. The number of nitrogens with zero attached hydrogens (tertiary/aromatic N) is 1. The summed E-state index contributed by atoms with van der Waals surface area (Å²) in [7, 11) is 1.88. The van der Waals surface area contributed by atoms with Crippen molar-refractivity contribution >= 4 is 0 Å². The Bertz CT molecular complexity index is 538. The van der Waals surface area contributed by atoms with Gasteiger partial charge in [0.05, 0.1) is 5.69 Å². The molecule has 0 aliphatic heterocycles. The van der Waals surface area contributed by atoms with Crippen molar-refractivity contribution in [3.8, 4) is 5.75 Å². The van der Waals surface area contributed by atoms with Crippen LogP contribution in [-0.2, 0) is 18.6 Å². The van der Waals surface area contributed by atoms with E-state index in [0.29, 0.717) is 13.2 Å². The Morgan fingerprint density at radius 2 is 1.90 bits per heavy atom. The van der Waals surface area contributed by atoms with Crippen molar-refractivity contribution in [3.63, 3.8) is 0 Å². The Balaban J connectivity index is 1.93. The summed E-state index contributed by atoms with van der Waals surface area (Å²) in [5.41, 5.74) is 2.33. The lowest BCUT2D eigenvalue weighted by Crippen LogP contribution is -2.10. The molecule has 108 valence electrons. The first-order valence-corrected chi connectivity index (χ1v) is 6.81. The van der Waals surface area contributed by atoms with Crippen LogP contribution in [-0.4, -0.2) is 12.2 Å². The smallest absolute Gasteiger partial charge is 0.174 e. The predicted molar refractivity (Wildman–Crippen MR) is 78.7 cm³/mol. The molecule has 0 aliphatic rings. The molecule has 0 spiro atoms. The summed E-state index contributed by atoms with van der Waals surface area (Å²) >= 11 is 0. The van der Waals surface area contributed by atoms with Crippen LogP contribution >= 0.6 is 0 Å². The Labute approximate surface area is 120 Å². The zero-order chi connectivity index (χ0) is 14.6. The first-order chi connectivity index (χ1) is 9.49. The van der Waals surface area contributed by atoms with Gasteiger partial charge in [-0.15, -0.1) is 0 Å². The van der Waals surface area contributed by atoms with E-state index in [2.05, 4.69) is 43.4 Å². The lowest BCUT2D eigenvalue weighted by Gasteiger charge is -2.19. The fraction of sp³-hybridized carbons (Fsp3) is 0.438. The lowest BCUT2D eigenvalue weighted by molar-refractivity contribution is 0.248. The molecular formula is C16H22N2O2. The highest BCUT2D eigenvalue weighted by Gasteiger charge is 2.13. The summed E-state index contributed by atoms with van der Waals surface area (Å²) < 4.78 is 10.9. The van der Waals surface area contributed by atoms with Crippen LogP contribution in [0.25, 0.3) is 0 Å². The molecule has 1 aromatic heterocycles. The van der Waals surface area contributed by atoms with Gasteiger partial charge < -0.3 is 14.6 Å². The zero-order valence-electron chi connectivity index (χ0n) is 12.6. The molecule has 0 fully saturated rings. The highest BCUT2D eigenvalue weighted by molar-refractivity contribution is 5.31. The van der Waals surface area contributed by atoms with Crippen LogP contribution in [0.4, 0.5) is 0 Å². The number of benzene rings is 1. The van der Waals surface area contributed by atoms with Crippen molar-refractivity contribution in [2.45, 2.75) is 39.3 Å². The summed E-state index contributed by atoms with van der Waals surface area (Å²) in [6, 6.07) is 10.1. The van der Waals surface area contributed by atoms with E-state index in [1.54, 1.807) is 0 Å². The van der Waals surface area contributed by atoms with Crippen LogP contribution in [0.5, 0.6) is 5.75 Å². The quantitative estimate of drug-likeness (QED) is 0.909. The van der Waals surface area contributed by atoms with E-state index in [9.17, 15) is 0 Å². The topological polar surface area (TPSA) is 47.3 Å². The van der Waals surface area contributed by atoms with Gasteiger partial charge in [-0.25, -0.2) is 0 Å². The molecule has 0 unspecified atom stereocenters. The van der Waals surface area contributed by atoms with Gasteiger partial charge in [-0.3, -0.25) is 0 Å². The van der Waals surface area contributed by atoms with Crippen LogP contribution in [0.15, 0.2) is 34.9 Å². The predicted octanol–water partition coefficient (Wildman–Crippen LogP) is 3.27. The number of ether oxygens (including phenoxy) is 1. The Morgan fingerprint density at radius 1 is 1.20 bits per heavy atom. The average molecular weight is 274 g/mol. The first kappa shape index (κ1) is 14.6. The molecule has 1 aromatic carbocycles. The number of rotatable bonds is 5.